The Balaban J connectivity index is 1.37. The van der Waals surface area contributed by atoms with Crippen LogP contribution in [0, 0.1) is 0 Å². The molecule has 2 heterocycles. The van der Waals surface area contributed by atoms with Crippen molar-refractivity contribution in [2.45, 2.75) is 56.8 Å². The highest BCUT2D eigenvalue weighted by molar-refractivity contribution is 7.99. The maximum atomic E-state index is 12.4. The molecule has 31 heavy (non-hydrogen) atoms. The van der Waals surface area contributed by atoms with Crippen molar-refractivity contribution in [3.05, 3.63) is 46.9 Å². The maximum Gasteiger partial charge on any atom is 0.237 e. The number of hydrogen-bond acceptors (Lipinski definition) is 7. The fourth-order valence-corrected chi connectivity index (χ4v) is 3.91. The molecule has 3 aromatic rings. The SMILES string of the molecule is CC(C)(C)c1cc(NC(=O)CSc2nnc(COc3ccccc3Cl)n2C2CC2)on1. The number of para-hydroxylation sites is 1. The van der Waals surface area contributed by atoms with Gasteiger partial charge in [0.1, 0.15) is 12.4 Å². The summed E-state index contributed by atoms with van der Waals surface area (Å²) in [6.45, 7) is 6.35. The molecule has 0 atom stereocenters. The number of thioether (sulfide) groups is 1. The molecule has 1 aliphatic rings. The van der Waals surface area contributed by atoms with E-state index in [0.29, 0.717) is 27.9 Å². The first kappa shape index (κ1) is 21.7. The third-order valence-electron chi connectivity index (χ3n) is 4.71. The van der Waals surface area contributed by atoms with Crippen LogP contribution in [0.1, 0.15) is 51.2 Å². The summed E-state index contributed by atoms with van der Waals surface area (Å²) in [6.07, 6.45) is 2.12. The van der Waals surface area contributed by atoms with E-state index in [4.69, 9.17) is 20.9 Å². The van der Waals surface area contributed by atoms with E-state index in [9.17, 15) is 4.79 Å². The number of anilines is 1. The van der Waals surface area contributed by atoms with Crippen LogP contribution in [0.3, 0.4) is 0 Å². The van der Waals surface area contributed by atoms with Crippen LogP contribution >= 0.6 is 23.4 Å². The Morgan fingerprint density at radius 1 is 1.32 bits per heavy atom. The van der Waals surface area contributed by atoms with E-state index in [1.54, 1.807) is 12.1 Å². The molecule has 1 fully saturated rings. The van der Waals surface area contributed by atoms with E-state index in [2.05, 4.69) is 25.2 Å². The molecule has 164 valence electrons. The fraction of sp³-hybridized carbons (Fsp3) is 0.429. The topological polar surface area (TPSA) is 95.1 Å². The lowest BCUT2D eigenvalue weighted by molar-refractivity contribution is -0.113. The van der Waals surface area contributed by atoms with Gasteiger partial charge in [-0.15, -0.1) is 10.2 Å². The third kappa shape index (κ3) is 5.40. The summed E-state index contributed by atoms with van der Waals surface area (Å²) in [7, 11) is 0. The van der Waals surface area contributed by atoms with Crippen molar-refractivity contribution in [3.63, 3.8) is 0 Å². The Labute approximate surface area is 189 Å². The van der Waals surface area contributed by atoms with Crippen molar-refractivity contribution >= 4 is 35.2 Å². The number of nitrogens with one attached hydrogen (secondary N) is 1. The second kappa shape index (κ2) is 8.92. The van der Waals surface area contributed by atoms with Gasteiger partial charge in [0.2, 0.25) is 11.8 Å². The predicted molar refractivity (Wildman–Crippen MR) is 119 cm³/mol. The molecule has 1 saturated carbocycles. The lowest BCUT2D eigenvalue weighted by Gasteiger charge is -2.12. The highest BCUT2D eigenvalue weighted by Gasteiger charge is 2.30. The molecule has 1 aliphatic carbocycles. The second-order valence-corrected chi connectivity index (χ2v) is 9.73. The van der Waals surface area contributed by atoms with Gasteiger partial charge in [-0.25, -0.2) is 0 Å². The Kier molecular flexibility index (Phi) is 6.24. The zero-order valence-electron chi connectivity index (χ0n) is 17.6. The lowest BCUT2D eigenvalue weighted by atomic mass is 9.92. The highest BCUT2D eigenvalue weighted by Crippen LogP contribution is 2.39. The van der Waals surface area contributed by atoms with Crippen molar-refractivity contribution in [2.24, 2.45) is 0 Å². The minimum atomic E-state index is -0.194. The minimum absolute atomic E-state index is 0.148. The van der Waals surface area contributed by atoms with E-state index in [1.807, 2.05) is 39.0 Å². The predicted octanol–water partition coefficient (Wildman–Crippen LogP) is 4.86. The average Bonchev–Trinajstić information content (AvgIpc) is 3.29. The maximum absolute atomic E-state index is 12.4. The van der Waals surface area contributed by atoms with E-state index in [0.717, 1.165) is 24.4 Å². The Bertz CT molecular complexity index is 1070. The van der Waals surface area contributed by atoms with Crippen molar-refractivity contribution in [2.75, 3.05) is 11.1 Å². The van der Waals surface area contributed by atoms with Gasteiger partial charge in [-0.2, -0.15) is 0 Å². The molecule has 0 aliphatic heterocycles. The van der Waals surface area contributed by atoms with Gasteiger partial charge in [0.05, 0.1) is 16.5 Å². The molecule has 1 amide bonds. The van der Waals surface area contributed by atoms with Crippen molar-refractivity contribution in [3.8, 4) is 5.75 Å². The average molecular weight is 462 g/mol. The summed E-state index contributed by atoms with van der Waals surface area (Å²) in [4.78, 5) is 12.4. The molecule has 1 aromatic carbocycles. The number of nitrogens with zero attached hydrogens (tertiary/aromatic N) is 4. The Morgan fingerprint density at radius 3 is 2.77 bits per heavy atom. The standard InChI is InChI=1S/C21H24ClN5O3S/c1-21(2,3)16-10-19(30-26-16)23-18(28)12-31-20-25-24-17(27(20)13-8-9-13)11-29-15-7-5-4-6-14(15)22/h4-7,10,13H,8-9,11-12H2,1-3H3,(H,23,28). The van der Waals surface area contributed by atoms with Crippen LogP contribution in [0.25, 0.3) is 0 Å². The number of halogens is 1. The Morgan fingerprint density at radius 2 is 2.10 bits per heavy atom. The summed E-state index contributed by atoms with van der Waals surface area (Å²) < 4.78 is 13.1. The molecule has 0 saturated heterocycles. The molecule has 0 radical (unpaired) electrons. The normalized spacial score (nSPS) is 13.9. The fourth-order valence-electron chi connectivity index (χ4n) is 2.90. The van der Waals surface area contributed by atoms with E-state index >= 15 is 0 Å². The number of carbonyl (C=O) groups is 1. The molecule has 0 spiro atoms. The molecule has 2 aromatic heterocycles. The van der Waals surface area contributed by atoms with Crippen LogP contribution in [0.2, 0.25) is 5.02 Å². The first-order valence-corrected chi connectivity index (χ1v) is 11.4. The van der Waals surface area contributed by atoms with Gasteiger partial charge in [0, 0.05) is 17.5 Å². The molecule has 1 N–H and O–H groups in total. The van der Waals surface area contributed by atoms with Gasteiger partial charge in [-0.05, 0) is 25.0 Å². The van der Waals surface area contributed by atoms with Gasteiger partial charge >= 0.3 is 0 Å². The largest absolute Gasteiger partial charge is 0.484 e. The van der Waals surface area contributed by atoms with Crippen LogP contribution in [-0.4, -0.2) is 31.6 Å². The molecule has 0 unspecified atom stereocenters. The highest BCUT2D eigenvalue weighted by atomic mass is 35.5. The van der Waals surface area contributed by atoms with Crippen molar-refractivity contribution in [1.29, 1.82) is 0 Å². The smallest absolute Gasteiger partial charge is 0.237 e. The van der Waals surface area contributed by atoms with Gasteiger partial charge in [0.15, 0.2) is 11.0 Å². The summed E-state index contributed by atoms with van der Waals surface area (Å²) in [5, 5.41) is 16.6. The van der Waals surface area contributed by atoms with Gasteiger partial charge in [-0.3, -0.25) is 14.7 Å². The van der Waals surface area contributed by atoms with E-state index in [-0.39, 0.29) is 23.7 Å². The molecule has 10 heteroatoms. The molecule has 4 rings (SSSR count). The first-order valence-electron chi connectivity index (χ1n) is 10.0. The van der Waals surface area contributed by atoms with Crippen molar-refractivity contribution < 1.29 is 14.1 Å². The number of hydrogen-bond donors (Lipinski definition) is 1. The van der Waals surface area contributed by atoms with Crippen LogP contribution in [0.4, 0.5) is 5.88 Å². The zero-order chi connectivity index (χ0) is 22.0. The van der Waals surface area contributed by atoms with Crippen LogP contribution in [0.5, 0.6) is 5.75 Å². The number of benzene rings is 1. The van der Waals surface area contributed by atoms with E-state index in [1.165, 1.54) is 11.8 Å². The Hall–Kier alpha value is -2.52. The van der Waals surface area contributed by atoms with Crippen molar-refractivity contribution in [1.82, 2.24) is 19.9 Å². The minimum Gasteiger partial charge on any atom is -0.484 e. The van der Waals surface area contributed by atoms with Gasteiger partial charge < -0.3 is 9.26 Å². The number of amides is 1. The van der Waals surface area contributed by atoms with Crippen LogP contribution in [0.15, 0.2) is 40.0 Å². The third-order valence-corrected chi connectivity index (χ3v) is 5.97. The number of carbonyl (C=O) groups excluding carboxylic acids is 1. The summed E-state index contributed by atoms with van der Waals surface area (Å²) in [6, 6.07) is 9.40. The molecular formula is C21H24ClN5O3S. The summed E-state index contributed by atoms with van der Waals surface area (Å²) >= 11 is 7.49. The summed E-state index contributed by atoms with van der Waals surface area (Å²) in [5.41, 5.74) is 0.636. The number of rotatable bonds is 8. The number of aromatic nitrogens is 4. The molecule has 0 bridgehead atoms. The first-order chi connectivity index (χ1) is 14.8. The monoisotopic (exact) mass is 461 g/mol. The summed E-state index contributed by atoms with van der Waals surface area (Å²) in [5.74, 6) is 1.65. The second-order valence-electron chi connectivity index (χ2n) is 8.38. The lowest BCUT2D eigenvalue weighted by Crippen LogP contribution is -2.15. The van der Waals surface area contributed by atoms with Gasteiger partial charge in [0.25, 0.3) is 0 Å². The van der Waals surface area contributed by atoms with Crippen LogP contribution < -0.4 is 10.1 Å². The molecule has 8 nitrogen and oxygen atoms in total. The van der Waals surface area contributed by atoms with Gasteiger partial charge in [-0.1, -0.05) is 61.4 Å². The zero-order valence-corrected chi connectivity index (χ0v) is 19.2. The van der Waals surface area contributed by atoms with E-state index < -0.39 is 0 Å². The quantitative estimate of drug-likeness (QED) is 0.478. The molecular weight excluding hydrogens is 438 g/mol. The number of ether oxygens (including phenoxy) is 1. The van der Waals surface area contributed by atoms with Crippen LogP contribution in [-0.2, 0) is 16.8 Å².